The van der Waals surface area contributed by atoms with Crippen molar-refractivity contribution in [2.24, 2.45) is 5.14 Å². The Balaban J connectivity index is 1.97. The zero-order chi connectivity index (χ0) is 17.8. The van der Waals surface area contributed by atoms with Gasteiger partial charge in [-0.15, -0.1) is 0 Å². The minimum absolute atomic E-state index is 0.0213. The minimum Gasteiger partial charge on any atom is -0.361 e. The fourth-order valence-electron chi connectivity index (χ4n) is 3.21. The standard InChI is InChI=1S/C18H15N3O3S/c1-10(14-9-20-15-5-3-2-4-12(14)15)17-13-8-11(25(19,23)24)6-7-16(13)21-18(17)22/h2-9,20H,1H3,(H,21,22)(H2,19,23,24). The Morgan fingerprint density at radius 3 is 2.64 bits per heavy atom. The van der Waals surface area contributed by atoms with Crippen LogP contribution in [0.4, 0.5) is 5.69 Å². The van der Waals surface area contributed by atoms with Crippen LogP contribution in [0.5, 0.6) is 0 Å². The number of nitrogens with two attached hydrogens (primary N) is 1. The molecule has 1 aliphatic heterocycles. The van der Waals surface area contributed by atoms with Crippen molar-refractivity contribution in [3.8, 4) is 0 Å². The second kappa shape index (κ2) is 5.30. The molecule has 126 valence electrons. The predicted molar refractivity (Wildman–Crippen MR) is 97.2 cm³/mol. The van der Waals surface area contributed by atoms with Gasteiger partial charge in [-0.05, 0) is 36.8 Å². The number of fused-ring (bicyclic) bond motifs is 2. The lowest BCUT2D eigenvalue weighted by Crippen LogP contribution is -2.12. The highest BCUT2D eigenvalue weighted by Crippen LogP contribution is 2.39. The van der Waals surface area contributed by atoms with E-state index in [9.17, 15) is 13.2 Å². The topological polar surface area (TPSA) is 105 Å². The normalized spacial score (nSPS) is 16.0. The van der Waals surface area contributed by atoms with Crippen molar-refractivity contribution in [2.45, 2.75) is 11.8 Å². The van der Waals surface area contributed by atoms with Crippen LogP contribution in [0.25, 0.3) is 22.0 Å². The van der Waals surface area contributed by atoms with E-state index in [1.54, 1.807) is 6.07 Å². The SMILES string of the molecule is CC(=C1C(=O)Nc2ccc(S(N)(=O)=O)cc21)c1c[nH]c2ccccc12. The highest BCUT2D eigenvalue weighted by molar-refractivity contribution is 7.89. The van der Waals surface area contributed by atoms with Gasteiger partial charge in [0.15, 0.2) is 0 Å². The van der Waals surface area contributed by atoms with E-state index >= 15 is 0 Å². The van der Waals surface area contributed by atoms with Crippen LogP contribution in [0.1, 0.15) is 18.1 Å². The maximum atomic E-state index is 12.5. The van der Waals surface area contributed by atoms with Gasteiger partial charge in [-0.1, -0.05) is 18.2 Å². The molecule has 4 N–H and O–H groups in total. The molecule has 0 saturated heterocycles. The molecule has 7 heteroatoms. The zero-order valence-electron chi connectivity index (χ0n) is 13.3. The molecule has 1 amide bonds. The average Bonchev–Trinajstić information content (AvgIpc) is 3.13. The number of amides is 1. The Hall–Kier alpha value is -2.90. The summed E-state index contributed by atoms with van der Waals surface area (Å²) >= 11 is 0. The zero-order valence-corrected chi connectivity index (χ0v) is 14.1. The molecule has 0 aliphatic carbocycles. The molecular weight excluding hydrogens is 338 g/mol. The Bertz CT molecular complexity index is 1170. The molecule has 4 rings (SSSR count). The molecule has 0 spiro atoms. The summed E-state index contributed by atoms with van der Waals surface area (Å²) in [6, 6.07) is 12.2. The molecule has 0 bridgehead atoms. The smallest absolute Gasteiger partial charge is 0.256 e. The number of anilines is 1. The summed E-state index contributed by atoms with van der Waals surface area (Å²) in [6.07, 6.45) is 1.85. The second-order valence-corrected chi connectivity index (χ2v) is 7.52. The fourth-order valence-corrected chi connectivity index (χ4v) is 3.75. The van der Waals surface area contributed by atoms with Gasteiger partial charge in [0.25, 0.3) is 5.91 Å². The van der Waals surface area contributed by atoms with Gasteiger partial charge in [0.05, 0.1) is 10.5 Å². The number of carbonyl (C=O) groups is 1. The molecule has 2 aromatic carbocycles. The monoisotopic (exact) mass is 353 g/mol. The van der Waals surface area contributed by atoms with Crippen molar-refractivity contribution in [1.29, 1.82) is 0 Å². The highest BCUT2D eigenvalue weighted by atomic mass is 32.2. The van der Waals surface area contributed by atoms with Crippen LogP contribution in [0.2, 0.25) is 0 Å². The Labute approximate surface area is 144 Å². The lowest BCUT2D eigenvalue weighted by atomic mass is 9.96. The maximum Gasteiger partial charge on any atom is 0.256 e. The Morgan fingerprint density at radius 2 is 1.88 bits per heavy atom. The van der Waals surface area contributed by atoms with Crippen molar-refractivity contribution >= 4 is 43.7 Å². The van der Waals surface area contributed by atoms with Gasteiger partial charge in [0, 0.05) is 33.9 Å². The highest BCUT2D eigenvalue weighted by Gasteiger charge is 2.28. The van der Waals surface area contributed by atoms with Gasteiger partial charge in [-0.25, -0.2) is 13.6 Å². The predicted octanol–water partition coefficient (Wildman–Crippen LogP) is 2.70. The molecule has 3 aromatic rings. The summed E-state index contributed by atoms with van der Waals surface area (Å²) in [7, 11) is -3.85. The van der Waals surface area contributed by atoms with Crippen LogP contribution in [0.3, 0.4) is 0 Å². The molecule has 0 radical (unpaired) electrons. The largest absolute Gasteiger partial charge is 0.361 e. The van der Waals surface area contributed by atoms with Gasteiger partial charge >= 0.3 is 0 Å². The van der Waals surface area contributed by atoms with Crippen molar-refractivity contribution in [2.75, 3.05) is 5.32 Å². The molecule has 1 aromatic heterocycles. The summed E-state index contributed by atoms with van der Waals surface area (Å²) in [5.41, 5.74) is 4.19. The number of nitrogens with one attached hydrogen (secondary N) is 2. The number of para-hydroxylation sites is 1. The Kier molecular flexibility index (Phi) is 3.31. The first-order chi connectivity index (χ1) is 11.9. The maximum absolute atomic E-state index is 12.5. The van der Waals surface area contributed by atoms with E-state index in [-0.39, 0.29) is 10.8 Å². The third kappa shape index (κ3) is 2.45. The average molecular weight is 353 g/mol. The van der Waals surface area contributed by atoms with Crippen molar-refractivity contribution < 1.29 is 13.2 Å². The number of hydrogen-bond acceptors (Lipinski definition) is 3. The second-order valence-electron chi connectivity index (χ2n) is 5.95. The van der Waals surface area contributed by atoms with Gasteiger partial charge in [0.1, 0.15) is 0 Å². The molecule has 1 aliphatic rings. The molecule has 0 unspecified atom stereocenters. The van der Waals surface area contributed by atoms with Gasteiger partial charge in [-0.3, -0.25) is 4.79 Å². The van der Waals surface area contributed by atoms with Crippen LogP contribution in [-0.4, -0.2) is 19.3 Å². The number of H-pyrrole nitrogens is 1. The van der Waals surface area contributed by atoms with Gasteiger partial charge < -0.3 is 10.3 Å². The quantitative estimate of drug-likeness (QED) is 0.617. The number of aromatic amines is 1. The summed E-state index contributed by atoms with van der Waals surface area (Å²) in [4.78, 5) is 15.7. The van der Waals surface area contributed by atoms with E-state index in [0.717, 1.165) is 22.0 Å². The molecule has 0 saturated carbocycles. The third-order valence-corrected chi connectivity index (χ3v) is 5.34. The van der Waals surface area contributed by atoms with E-state index in [1.807, 2.05) is 37.4 Å². The van der Waals surface area contributed by atoms with Crippen molar-refractivity contribution in [3.05, 3.63) is 59.8 Å². The third-order valence-electron chi connectivity index (χ3n) is 4.43. The first kappa shape index (κ1) is 15.6. The number of rotatable bonds is 2. The number of primary sulfonamides is 1. The van der Waals surface area contributed by atoms with E-state index in [0.29, 0.717) is 16.8 Å². The summed E-state index contributed by atoms with van der Waals surface area (Å²) in [5.74, 6) is -0.260. The minimum atomic E-state index is -3.85. The van der Waals surface area contributed by atoms with Crippen LogP contribution in [0.15, 0.2) is 53.6 Å². The lowest BCUT2D eigenvalue weighted by Gasteiger charge is -2.06. The first-order valence-electron chi connectivity index (χ1n) is 7.62. The fraction of sp³-hybridized carbons (Fsp3) is 0.0556. The van der Waals surface area contributed by atoms with Crippen molar-refractivity contribution in [1.82, 2.24) is 4.98 Å². The van der Waals surface area contributed by atoms with E-state index in [2.05, 4.69) is 10.3 Å². The number of aromatic nitrogens is 1. The van der Waals surface area contributed by atoms with E-state index < -0.39 is 10.0 Å². The summed E-state index contributed by atoms with van der Waals surface area (Å²) < 4.78 is 23.3. The van der Waals surface area contributed by atoms with E-state index in [4.69, 9.17) is 5.14 Å². The number of sulfonamides is 1. The molecule has 6 nitrogen and oxygen atoms in total. The molecule has 0 fully saturated rings. The van der Waals surface area contributed by atoms with E-state index in [1.165, 1.54) is 12.1 Å². The summed E-state index contributed by atoms with van der Waals surface area (Å²) in [6.45, 7) is 1.85. The molecule has 0 atom stereocenters. The molecule has 25 heavy (non-hydrogen) atoms. The van der Waals surface area contributed by atoms with Gasteiger partial charge in [-0.2, -0.15) is 0 Å². The van der Waals surface area contributed by atoms with Crippen LogP contribution in [0, 0.1) is 0 Å². The first-order valence-corrected chi connectivity index (χ1v) is 9.17. The Morgan fingerprint density at radius 1 is 1.12 bits per heavy atom. The van der Waals surface area contributed by atoms with Crippen LogP contribution < -0.4 is 10.5 Å². The number of carbonyl (C=O) groups excluding carboxylic acids is 1. The summed E-state index contributed by atoms with van der Waals surface area (Å²) in [5, 5.41) is 8.99. The number of hydrogen-bond donors (Lipinski definition) is 3. The number of allylic oxidation sites excluding steroid dienone is 1. The molecular formula is C18H15N3O3S. The lowest BCUT2D eigenvalue weighted by molar-refractivity contribution is -0.110. The van der Waals surface area contributed by atoms with Crippen LogP contribution in [-0.2, 0) is 14.8 Å². The van der Waals surface area contributed by atoms with Gasteiger partial charge in [0.2, 0.25) is 10.0 Å². The number of benzene rings is 2. The van der Waals surface area contributed by atoms with Crippen LogP contribution >= 0.6 is 0 Å². The van der Waals surface area contributed by atoms with Crippen molar-refractivity contribution in [3.63, 3.8) is 0 Å². The molecule has 2 heterocycles.